The van der Waals surface area contributed by atoms with E-state index in [1.165, 1.54) is 18.3 Å². The van der Waals surface area contributed by atoms with Gasteiger partial charge in [-0.2, -0.15) is 5.10 Å². The molecule has 0 spiro atoms. The highest BCUT2D eigenvalue weighted by molar-refractivity contribution is 5.99. The average Bonchev–Trinajstić information content (AvgIpc) is 3.34. The van der Waals surface area contributed by atoms with Crippen LogP contribution < -0.4 is 25.7 Å². The maximum absolute atomic E-state index is 15.0. The lowest BCUT2D eigenvalue weighted by Crippen LogP contribution is -2.22. The Hall–Kier alpha value is -5.26. The molecule has 0 fully saturated rings. The van der Waals surface area contributed by atoms with Gasteiger partial charge >= 0.3 is 6.03 Å². The Morgan fingerprint density at radius 1 is 1.02 bits per heavy atom. The number of aromatic amines is 1. The second-order valence-electron chi connectivity index (χ2n) is 9.85. The summed E-state index contributed by atoms with van der Waals surface area (Å²) in [7, 11) is 1.57. The van der Waals surface area contributed by atoms with Crippen molar-refractivity contribution in [1.29, 1.82) is 0 Å². The lowest BCUT2D eigenvalue weighted by molar-refractivity contribution is 0.262. The molecule has 0 saturated heterocycles. The van der Waals surface area contributed by atoms with E-state index < -0.39 is 17.4 Å². The van der Waals surface area contributed by atoms with Gasteiger partial charge in [0.2, 0.25) is 0 Å². The maximum Gasteiger partial charge on any atom is 0.324 e. The summed E-state index contributed by atoms with van der Waals surface area (Å²) in [5.74, 6) is 0.749. The number of ether oxygens (including phenoxy) is 2. The molecule has 0 aliphatic heterocycles. The molecule has 0 aliphatic rings. The molecule has 11 nitrogen and oxygen atoms in total. The summed E-state index contributed by atoms with van der Waals surface area (Å²) in [5.41, 5.74) is 1.23. The Bertz CT molecular complexity index is 1780. The summed E-state index contributed by atoms with van der Waals surface area (Å²) in [5, 5.41) is 9.97. The molecule has 3 heterocycles. The number of carbonyl (C=O) groups excluding carboxylic acids is 1. The van der Waals surface area contributed by atoms with Gasteiger partial charge in [0.05, 0.1) is 30.4 Å². The lowest BCUT2D eigenvalue weighted by atomic mass is 9.92. The fraction of sp³-hybridized carbons (Fsp3) is 0.179. The van der Waals surface area contributed by atoms with Crippen LogP contribution in [0.25, 0.3) is 16.9 Å². The Morgan fingerprint density at radius 3 is 2.60 bits per heavy atom. The zero-order valence-corrected chi connectivity index (χ0v) is 22.2. The minimum absolute atomic E-state index is 0.0598. The number of halogens is 1. The fourth-order valence-corrected chi connectivity index (χ4v) is 3.84. The van der Waals surface area contributed by atoms with Crippen LogP contribution in [0.4, 0.5) is 20.7 Å². The highest BCUT2D eigenvalue weighted by atomic mass is 19.1. The van der Waals surface area contributed by atoms with Crippen molar-refractivity contribution in [1.82, 2.24) is 24.7 Å². The molecule has 0 saturated carbocycles. The number of pyridine rings is 1. The third-order valence-electron chi connectivity index (χ3n) is 5.87. The molecule has 0 radical (unpaired) electrons. The van der Waals surface area contributed by atoms with Gasteiger partial charge in [0.15, 0.2) is 11.4 Å². The molecule has 0 unspecified atom stereocenters. The first-order valence-electron chi connectivity index (χ1n) is 12.2. The van der Waals surface area contributed by atoms with Crippen LogP contribution in [0.3, 0.4) is 0 Å². The van der Waals surface area contributed by atoms with Crippen LogP contribution in [0.1, 0.15) is 26.5 Å². The predicted octanol–water partition coefficient (Wildman–Crippen LogP) is 5.39. The topological polar surface area (TPSA) is 136 Å². The van der Waals surface area contributed by atoms with E-state index in [0.29, 0.717) is 22.8 Å². The minimum atomic E-state index is -0.718. The summed E-state index contributed by atoms with van der Waals surface area (Å²) in [6.07, 6.45) is 2.54. The van der Waals surface area contributed by atoms with Crippen LogP contribution in [0.15, 0.2) is 71.8 Å². The highest BCUT2D eigenvalue weighted by Gasteiger charge is 2.22. The molecule has 3 N–H and O–H groups in total. The third-order valence-corrected chi connectivity index (χ3v) is 5.87. The molecule has 204 valence electrons. The number of amides is 2. The number of nitrogens with zero attached hydrogens (tertiary/aromatic N) is 4. The molecule has 3 aromatic heterocycles. The van der Waals surface area contributed by atoms with Crippen molar-refractivity contribution in [2.75, 3.05) is 17.7 Å². The summed E-state index contributed by atoms with van der Waals surface area (Å²) in [6.45, 7) is 6.04. The second kappa shape index (κ2) is 10.5. The van der Waals surface area contributed by atoms with Gasteiger partial charge in [-0.25, -0.2) is 23.8 Å². The minimum Gasteiger partial charge on any atom is -0.497 e. The predicted molar refractivity (Wildman–Crippen MR) is 148 cm³/mol. The highest BCUT2D eigenvalue weighted by Crippen LogP contribution is 2.30. The SMILES string of the molecule is COc1cccc(-n2nc(C(C)(C)C)cc2NC(=O)Nc2ccc(Oc3ccnc4[nH]c(=O)cnc34)cc2F)c1. The first kappa shape index (κ1) is 26.4. The number of hydrogen-bond acceptors (Lipinski definition) is 7. The smallest absolute Gasteiger partial charge is 0.324 e. The molecule has 5 aromatic rings. The number of fused-ring (bicyclic) bond motifs is 1. The van der Waals surface area contributed by atoms with Crippen molar-refractivity contribution in [3.8, 4) is 22.9 Å². The van der Waals surface area contributed by atoms with Gasteiger partial charge in [0.1, 0.15) is 28.7 Å². The molecule has 0 bridgehead atoms. The van der Waals surface area contributed by atoms with E-state index in [-0.39, 0.29) is 28.2 Å². The quantitative estimate of drug-likeness (QED) is 0.261. The van der Waals surface area contributed by atoms with Gasteiger partial charge in [-0.3, -0.25) is 10.1 Å². The number of rotatable bonds is 6. The molecular formula is C28H26FN7O4. The van der Waals surface area contributed by atoms with Crippen molar-refractivity contribution in [2.24, 2.45) is 0 Å². The number of urea groups is 1. The number of methoxy groups -OCH3 is 1. The number of carbonyl (C=O) groups is 1. The van der Waals surface area contributed by atoms with E-state index in [1.54, 1.807) is 30.0 Å². The molecule has 5 rings (SSSR count). The zero-order valence-electron chi connectivity index (χ0n) is 22.2. The van der Waals surface area contributed by atoms with Gasteiger partial charge < -0.3 is 19.8 Å². The van der Waals surface area contributed by atoms with Crippen molar-refractivity contribution < 1.29 is 18.7 Å². The van der Waals surface area contributed by atoms with Gasteiger partial charge in [-0.05, 0) is 24.3 Å². The van der Waals surface area contributed by atoms with Crippen molar-refractivity contribution in [2.45, 2.75) is 26.2 Å². The zero-order chi connectivity index (χ0) is 28.4. The second-order valence-corrected chi connectivity index (χ2v) is 9.85. The Balaban J connectivity index is 1.35. The van der Waals surface area contributed by atoms with Crippen molar-refractivity contribution in [3.63, 3.8) is 0 Å². The van der Waals surface area contributed by atoms with E-state index in [1.807, 2.05) is 39.0 Å². The monoisotopic (exact) mass is 543 g/mol. The van der Waals surface area contributed by atoms with Gasteiger partial charge in [0, 0.05) is 35.9 Å². The average molecular weight is 544 g/mol. The number of nitrogens with one attached hydrogen (secondary N) is 3. The molecule has 12 heteroatoms. The van der Waals surface area contributed by atoms with Crippen molar-refractivity contribution >= 4 is 28.7 Å². The molecule has 0 aliphatic carbocycles. The lowest BCUT2D eigenvalue weighted by Gasteiger charge is -2.14. The van der Waals surface area contributed by atoms with Crippen LogP contribution in [0.5, 0.6) is 17.2 Å². The first-order valence-corrected chi connectivity index (χ1v) is 12.2. The van der Waals surface area contributed by atoms with E-state index in [9.17, 15) is 14.0 Å². The van der Waals surface area contributed by atoms with Gasteiger partial charge in [-0.15, -0.1) is 0 Å². The largest absolute Gasteiger partial charge is 0.497 e. The summed E-state index contributed by atoms with van der Waals surface area (Å²) in [6, 6.07) is 13.9. The van der Waals surface area contributed by atoms with Crippen LogP contribution in [-0.2, 0) is 5.41 Å². The molecule has 40 heavy (non-hydrogen) atoms. The van der Waals surface area contributed by atoms with Crippen LogP contribution in [0.2, 0.25) is 0 Å². The first-order chi connectivity index (χ1) is 19.1. The van der Waals surface area contributed by atoms with Crippen LogP contribution in [0, 0.1) is 5.82 Å². The number of benzene rings is 2. The Morgan fingerprint density at radius 2 is 1.85 bits per heavy atom. The van der Waals surface area contributed by atoms with Gasteiger partial charge in [0.25, 0.3) is 5.56 Å². The Kier molecular flexibility index (Phi) is 6.91. The summed E-state index contributed by atoms with van der Waals surface area (Å²) in [4.78, 5) is 35.1. The Labute approximate surface area is 228 Å². The molecule has 0 atom stereocenters. The van der Waals surface area contributed by atoms with E-state index in [2.05, 4.69) is 30.7 Å². The number of H-pyrrole nitrogens is 1. The third kappa shape index (κ3) is 5.60. The van der Waals surface area contributed by atoms with E-state index in [0.717, 1.165) is 18.0 Å². The maximum atomic E-state index is 15.0. The van der Waals surface area contributed by atoms with Crippen LogP contribution in [-0.4, -0.2) is 37.9 Å². The van der Waals surface area contributed by atoms with E-state index >= 15 is 0 Å². The van der Waals surface area contributed by atoms with Gasteiger partial charge in [-0.1, -0.05) is 26.8 Å². The number of hydrogen-bond donors (Lipinski definition) is 3. The fourth-order valence-electron chi connectivity index (χ4n) is 3.84. The number of anilines is 2. The van der Waals surface area contributed by atoms with Crippen molar-refractivity contribution in [3.05, 3.63) is 88.9 Å². The normalized spacial score (nSPS) is 11.3. The standard InChI is InChI=1S/C28H26FN7O4/c1-28(2,3)22-14-23(36(35-22)16-6-5-7-17(12-16)39-4)33-27(38)32-20-9-8-18(13-19(20)29)40-21-10-11-30-26-25(21)31-15-24(37)34-26/h5-15H,1-4H3,(H,30,34,37)(H2,32,33,38). The summed E-state index contributed by atoms with van der Waals surface area (Å²) < 4.78 is 27.7. The number of aromatic nitrogens is 5. The van der Waals surface area contributed by atoms with E-state index in [4.69, 9.17) is 9.47 Å². The molecule has 2 aromatic carbocycles. The molecule has 2 amide bonds. The summed E-state index contributed by atoms with van der Waals surface area (Å²) >= 11 is 0. The van der Waals surface area contributed by atoms with Crippen LogP contribution >= 0.6 is 0 Å². The molecular weight excluding hydrogens is 517 g/mol.